The fourth-order valence-corrected chi connectivity index (χ4v) is 1.51. The minimum absolute atomic E-state index is 0.190. The van der Waals surface area contributed by atoms with E-state index in [1.807, 2.05) is 0 Å². The number of likely N-dealkylation sites (N-methyl/N-ethyl adjacent to an activating group) is 1. The highest BCUT2D eigenvalue weighted by molar-refractivity contribution is 5.97. The van der Waals surface area contributed by atoms with Crippen LogP contribution < -0.4 is 16.0 Å². The lowest BCUT2D eigenvalue weighted by Crippen LogP contribution is -2.43. The number of amides is 2. The van der Waals surface area contributed by atoms with Crippen molar-refractivity contribution >= 4 is 17.5 Å². The highest BCUT2D eigenvalue weighted by Gasteiger charge is 2.18. The van der Waals surface area contributed by atoms with Gasteiger partial charge in [-0.3, -0.25) is 9.59 Å². The van der Waals surface area contributed by atoms with Crippen LogP contribution in [0, 0.1) is 11.6 Å². The number of benzene rings is 1. The molecule has 104 valence electrons. The lowest BCUT2D eigenvalue weighted by molar-refractivity contribution is -0.122. The summed E-state index contributed by atoms with van der Waals surface area (Å²) in [4.78, 5) is 23.0. The Hall–Kier alpha value is -2.18. The number of nitrogens with one attached hydrogen (secondary N) is 3. The molecule has 0 radical (unpaired) electrons. The number of anilines is 1. The average Bonchev–Trinajstić information content (AvgIpc) is 2.37. The summed E-state index contributed by atoms with van der Waals surface area (Å²) in [5.74, 6) is -2.88. The fourth-order valence-electron chi connectivity index (χ4n) is 1.51. The van der Waals surface area contributed by atoms with Crippen LogP contribution in [0.4, 0.5) is 14.5 Å². The highest BCUT2D eigenvalue weighted by Crippen LogP contribution is 2.20. The molecule has 0 heterocycles. The van der Waals surface area contributed by atoms with Gasteiger partial charge in [-0.2, -0.15) is 0 Å². The molecule has 0 fully saturated rings. The molecule has 1 aromatic rings. The van der Waals surface area contributed by atoms with Crippen molar-refractivity contribution in [3.05, 3.63) is 29.3 Å². The van der Waals surface area contributed by atoms with Gasteiger partial charge in [0.2, 0.25) is 5.91 Å². The molecule has 1 unspecified atom stereocenters. The van der Waals surface area contributed by atoms with Crippen molar-refractivity contribution in [2.45, 2.75) is 13.0 Å². The standard InChI is InChI=1S/C12H15F2N3O2/c1-6(11(18)16-3)17-12(19)7-4-8(13)10(15-2)9(14)5-7/h4-6,15H,1-3H3,(H,16,18)(H,17,19). The molecule has 0 bridgehead atoms. The van der Waals surface area contributed by atoms with Crippen LogP contribution in [-0.2, 0) is 4.79 Å². The Morgan fingerprint density at radius 3 is 2.11 bits per heavy atom. The zero-order valence-electron chi connectivity index (χ0n) is 10.8. The summed E-state index contributed by atoms with van der Waals surface area (Å²) in [6, 6.07) is 1.01. The molecule has 5 nitrogen and oxygen atoms in total. The van der Waals surface area contributed by atoms with E-state index in [2.05, 4.69) is 16.0 Å². The van der Waals surface area contributed by atoms with E-state index in [0.717, 1.165) is 12.1 Å². The molecule has 3 N–H and O–H groups in total. The van der Waals surface area contributed by atoms with E-state index in [4.69, 9.17) is 0 Å². The second-order valence-electron chi connectivity index (χ2n) is 3.87. The van der Waals surface area contributed by atoms with Crippen LogP contribution in [0.5, 0.6) is 0 Å². The van der Waals surface area contributed by atoms with Crippen LogP contribution in [0.1, 0.15) is 17.3 Å². The number of carbonyl (C=O) groups is 2. The van der Waals surface area contributed by atoms with Gasteiger partial charge in [-0.25, -0.2) is 8.78 Å². The van der Waals surface area contributed by atoms with Crippen molar-refractivity contribution in [1.29, 1.82) is 0 Å². The molecule has 0 spiro atoms. The summed E-state index contributed by atoms with van der Waals surface area (Å²) >= 11 is 0. The van der Waals surface area contributed by atoms with E-state index >= 15 is 0 Å². The van der Waals surface area contributed by atoms with Gasteiger partial charge in [0.15, 0.2) is 0 Å². The van der Waals surface area contributed by atoms with Crippen molar-refractivity contribution in [1.82, 2.24) is 10.6 Å². The topological polar surface area (TPSA) is 70.2 Å². The van der Waals surface area contributed by atoms with Gasteiger partial charge in [0, 0.05) is 19.7 Å². The minimum atomic E-state index is -0.875. The molecular weight excluding hydrogens is 256 g/mol. The van der Waals surface area contributed by atoms with E-state index in [0.29, 0.717) is 0 Å². The third-order valence-electron chi connectivity index (χ3n) is 2.54. The second-order valence-corrected chi connectivity index (χ2v) is 3.87. The van der Waals surface area contributed by atoms with E-state index in [-0.39, 0.29) is 11.3 Å². The first-order valence-electron chi connectivity index (χ1n) is 5.60. The molecule has 0 aliphatic rings. The highest BCUT2D eigenvalue weighted by atomic mass is 19.1. The number of hydrogen-bond donors (Lipinski definition) is 3. The first-order valence-corrected chi connectivity index (χ1v) is 5.60. The zero-order chi connectivity index (χ0) is 14.6. The molecule has 1 rings (SSSR count). The molecule has 1 aromatic carbocycles. The summed E-state index contributed by atoms with van der Waals surface area (Å²) in [5, 5.41) is 7.04. The van der Waals surface area contributed by atoms with Gasteiger partial charge in [-0.15, -0.1) is 0 Å². The maximum atomic E-state index is 13.5. The number of carbonyl (C=O) groups excluding carboxylic acids is 2. The van der Waals surface area contributed by atoms with Gasteiger partial charge >= 0.3 is 0 Å². The molecule has 0 saturated heterocycles. The summed E-state index contributed by atoms with van der Waals surface area (Å²) in [6.45, 7) is 1.46. The van der Waals surface area contributed by atoms with Crippen molar-refractivity contribution < 1.29 is 18.4 Å². The van der Waals surface area contributed by atoms with Gasteiger partial charge in [-0.1, -0.05) is 0 Å². The van der Waals surface area contributed by atoms with Crippen LogP contribution in [0.15, 0.2) is 12.1 Å². The first kappa shape index (κ1) is 14.9. The smallest absolute Gasteiger partial charge is 0.252 e. The average molecular weight is 271 g/mol. The first-order chi connectivity index (χ1) is 8.90. The summed E-state index contributed by atoms with van der Waals surface area (Å²) in [5.41, 5.74) is -0.499. The molecule has 0 aliphatic carbocycles. The van der Waals surface area contributed by atoms with Gasteiger partial charge in [0.1, 0.15) is 23.4 Å². The Bertz CT molecular complexity index is 483. The molecule has 0 saturated carbocycles. The molecule has 7 heteroatoms. The molecule has 2 amide bonds. The fraction of sp³-hybridized carbons (Fsp3) is 0.333. The number of rotatable bonds is 4. The summed E-state index contributed by atoms with van der Waals surface area (Å²) in [6.07, 6.45) is 0. The van der Waals surface area contributed by atoms with Crippen molar-refractivity contribution in [3.8, 4) is 0 Å². The SMILES string of the molecule is CNC(=O)C(C)NC(=O)c1cc(F)c(NC)c(F)c1. The number of hydrogen-bond acceptors (Lipinski definition) is 3. The Labute approximate surface area is 109 Å². The van der Waals surface area contributed by atoms with Crippen LogP contribution in [0.3, 0.4) is 0 Å². The maximum Gasteiger partial charge on any atom is 0.252 e. The van der Waals surface area contributed by atoms with Crippen LogP contribution in [-0.4, -0.2) is 32.0 Å². The molecule has 0 aromatic heterocycles. The molecule has 19 heavy (non-hydrogen) atoms. The Kier molecular flexibility index (Phi) is 4.80. The monoisotopic (exact) mass is 271 g/mol. The van der Waals surface area contributed by atoms with Crippen LogP contribution in [0.25, 0.3) is 0 Å². The normalized spacial score (nSPS) is 11.6. The third-order valence-corrected chi connectivity index (χ3v) is 2.54. The van der Waals surface area contributed by atoms with E-state index < -0.39 is 29.5 Å². The quantitative estimate of drug-likeness (QED) is 0.761. The van der Waals surface area contributed by atoms with E-state index in [1.54, 1.807) is 0 Å². The predicted octanol–water partition coefficient (Wildman–Crippen LogP) is 0.871. The summed E-state index contributed by atoms with van der Waals surface area (Å²) < 4.78 is 26.9. The van der Waals surface area contributed by atoms with Crippen molar-refractivity contribution in [2.75, 3.05) is 19.4 Å². The van der Waals surface area contributed by atoms with E-state index in [9.17, 15) is 18.4 Å². The second kappa shape index (κ2) is 6.12. The van der Waals surface area contributed by atoms with Gasteiger partial charge in [-0.05, 0) is 19.1 Å². The van der Waals surface area contributed by atoms with Crippen LogP contribution >= 0.6 is 0 Å². The minimum Gasteiger partial charge on any atom is -0.383 e. The Morgan fingerprint density at radius 1 is 1.16 bits per heavy atom. The molecule has 1 atom stereocenters. The summed E-state index contributed by atoms with van der Waals surface area (Å²) in [7, 11) is 2.79. The van der Waals surface area contributed by atoms with Crippen LogP contribution in [0.2, 0.25) is 0 Å². The predicted molar refractivity (Wildman–Crippen MR) is 66.9 cm³/mol. The molecule has 0 aliphatic heterocycles. The van der Waals surface area contributed by atoms with Gasteiger partial charge in [0.25, 0.3) is 5.91 Å². The lowest BCUT2D eigenvalue weighted by atomic mass is 10.1. The van der Waals surface area contributed by atoms with Gasteiger partial charge < -0.3 is 16.0 Å². The maximum absolute atomic E-state index is 13.5. The van der Waals surface area contributed by atoms with E-state index in [1.165, 1.54) is 21.0 Å². The zero-order valence-corrected chi connectivity index (χ0v) is 10.8. The number of halogens is 2. The Balaban J connectivity index is 2.92. The lowest BCUT2D eigenvalue weighted by Gasteiger charge is -2.13. The largest absolute Gasteiger partial charge is 0.383 e. The third kappa shape index (κ3) is 3.40. The molecular formula is C12H15F2N3O2. The Morgan fingerprint density at radius 2 is 1.68 bits per heavy atom. The van der Waals surface area contributed by atoms with Gasteiger partial charge in [0.05, 0.1) is 0 Å². The van der Waals surface area contributed by atoms with Crippen molar-refractivity contribution in [2.24, 2.45) is 0 Å². The van der Waals surface area contributed by atoms with Crippen molar-refractivity contribution in [3.63, 3.8) is 0 Å².